The van der Waals surface area contributed by atoms with Gasteiger partial charge in [0, 0.05) is 5.02 Å². The first kappa shape index (κ1) is 14.0. The zero-order valence-corrected chi connectivity index (χ0v) is 11.4. The van der Waals surface area contributed by atoms with Gasteiger partial charge in [-0.15, -0.1) is 0 Å². The van der Waals surface area contributed by atoms with Crippen molar-refractivity contribution in [2.75, 3.05) is 5.32 Å². The number of amides is 2. The Kier molecular flexibility index (Phi) is 3.87. The molecule has 0 atom stereocenters. The number of halogens is 2. The fourth-order valence-corrected chi connectivity index (χ4v) is 2.34. The summed E-state index contributed by atoms with van der Waals surface area (Å²) in [5.74, 6) is -1.02. The van der Waals surface area contributed by atoms with Gasteiger partial charge in [-0.25, -0.2) is 9.59 Å². The lowest BCUT2D eigenvalue weighted by atomic mass is 9.77. The number of carbonyl (C=O) groups is 2. The van der Waals surface area contributed by atoms with Crippen LogP contribution in [0.5, 0.6) is 0 Å². The molecule has 7 heteroatoms. The molecule has 19 heavy (non-hydrogen) atoms. The summed E-state index contributed by atoms with van der Waals surface area (Å²) in [7, 11) is 0. The van der Waals surface area contributed by atoms with E-state index in [1.807, 2.05) is 0 Å². The fourth-order valence-electron chi connectivity index (χ4n) is 1.88. The summed E-state index contributed by atoms with van der Waals surface area (Å²) in [6.07, 6.45) is 1.66. The molecule has 1 saturated carbocycles. The van der Waals surface area contributed by atoms with Crippen LogP contribution in [0, 0.1) is 0 Å². The zero-order valence-electron chi connectivity index (χ0n) is 9.87. The second-order valence-electron chi connectivity index (χ2n) is 4.44. The van der Waals surface area contributed by atoms with Crippen molar-refractivity contribution in [3.8, 4) is 0 Å². The standard InChI is InChI=1S/C12H12Cl2N2O3/c13-7-2-3-9(8(14)6-7)15-11(19)16-12(10(17)18)4-1-5-12/h2-3,6H,1,4-5H2,(H,17,18)(H2,15,16,19). The molecular formula is C12H12Cl2N2O3. The molecule has 0 aromatic heterocycles. The molecule has 2 amide bonds. The van der Waals surface area contributed by atoms with E-state index in [1.54, 1.807) is 12.1 Å². The molecule has 0 aliphatic heterocycles. The number of benzene rings is 1. The first-order chi connectivity index (χ1) is 8.93. The van der Waals surface area contributed by atoms with Crippen LogP contribution < -0.4 is 10.6 Å². The van der Waals surface area contributed by atoms with E-state index in [0.717, 1.165) is 6.42 Å². The van der Waals surface area contributed by atoms with Crippen molar-refractivity contribution < 1.29 is 14.7 Å². The molecule has 0 bridgehead atoms. The molecule has 1 aromatic carbocycles. The lowest BCUT2D eigenvalue weighted by Gasteiger charge is -2.38. The predicted molar refractivity (Wildman–Crippen MR) is 72.8 cm³/mol. The third-order valence-electron chi connectivity index (χ3n) is 3.15. The summed E-state index contributed by atoms with van der Waals surface area (Å²) in [5.41, 5.74) is -0.772. The Balaban J connectivity index is 2.03. The van der Waals surface area contributed by atoms with Gasteiger partial charge in [0.05, 0.1) is 10.7 Å². The van der Waals surface area contributed by atoms with E-state index >= 15 is 0 Å². The summed E-state index contributed by atoms with van der Waals surface area (Å²) < 4.78 is 0. The van der Waals surface area contributed by atoms with Crippen LogP contribution in [0.3, 0.4) is 0 Å². The van der Waals surface area contributed by atoms with E-state index in [1.165, 1.54) is 6.07 Å². The van der Waals surface area contributed by atoms with Crippen LogP contribution >= 0.6 is 23.2 Å². The Labute approximate surface area is 119 Å². The van der Waals surface area contributed by atoms with Crippen LogP contribution in [0.2, 0.25) is 10.0 Å². The van der Waals surface area contributed by atoms with Crippen LogP contribution in [0.4, 0.5) is 10.5 Å². The highest BCUT2D eigenvalue weighted by Gasteiger charge is 2.45. The number of anilines is 1. The second kappa shape index (κ2) is 5.27. The number of carbonyl (C=O) groups excluding carboxylic acids is 1. The van der Waals surface area contributed by atoms with Gasteiger partial charge in [0.1, 0.15) is 5.54 Å². The van der Waals surface area contributed by atoms with E-state index < -0.39 is 17.5 Å². The quantitative estimate of drug-likeness (QED) is 0.802. The topological polar surface area (TPSA) is 78.4 Å². The number of urea groups is 1. The van der Waals surface area contributed by atoms with Crippen molar-refractivity contribution >= 4 is 40.9 Å². The minimum Gasteiger partial charge on any atom is -0.480 e. The normalized spacial score (nSPS) is 16.3. The summed E-state index contributed by atoms with van der Waals surface area (Å²) in [4.78, 5) is 22.9. The van der Waals surface area contributed by atoms with Gasteiger partial charge >= 0.3 is 12.0 Å². The van der Waals surface area contributed by atoms with Gasteiger partial charge in [-0.3, -0.25) is 0 Å². The summed E-state index contributed by atoms with van der Waals surface area (Å²) in [6.45, 7) is 0. The molecule has 0 unspecified atom stereocenters. The molecular weight excluding hydrogens is 291 g/mol. The molecule has 1 fully saturated rings. The minimum atomic E-state index is -1.15. The van der Waals surface area contributed by atoms with E-state index in [0.29, 0.717) is 28.6 Å². The number of hydrogen-bond donors (Lipinski definition) is 3. The van der Waals surface area contributed by atoms with Crippen molar-refractivity contribution in [2.45, 2.75) is 24.8 Å². The minimum absolute atomic E-state index is 0.292. The lowest BCUT2D eigenvalue weighted by Crippen LogP contribution is -2.60. The molecule has 5 nitrogen and oxygen atoms in total. The van der Waals surface area contributed by atoms with E-state index in [9.17, 15) is 9.59 Å². The predicted octanol–water partition coefficient (Wildman–Crippen LogP) is 3.12. The van der Waals surface area contributed by atoms with Gasteiger partial charge in [0.25, 0.3) is 0 Å². The SMILES string of the molecule is O=C(Nc1ccc(Cl)cc1Cl)NC1(C(=O)O)CCC1. The summed E-state index contributed by atoms with van der Waals surface area (Å²) in [6, 6.07) is 4.04. The molecule has 102 valence electrons. The van der Waals surface area contributed by atoms with Crippen LogP contribution in [-0.2, 0) is 4.79 Å². The molecule has 1 aliphatic rings. The molecule has 3 N–H and O–H groups in total. The van der Waals surface area contributed by atoms with Crippen molar-refractivity contribution in [2.24, 2.45) is 0 Å². The maximum atomic E-state index is 11.8. The molecule has 0 spiro atoms. The Morgan fingerprint density at radius 1 is 1.26 bits per heavy atom. The average Bonchev–Trinajstić information content (AvgIpc) is 2.27. The van der Waals surface area contributed by atoms with E-state index in [4.69, 9.17) is 28.3 Å². The Bertz CT molecular complexity index is 530. The Morgan fingerprint density at radius 2 is 1.95 bits per heavy atom. The van der Waals surface area contributed by atoms with Crippen molar-refractivity contribution in [3.63, 3.8) is 0 Å². The number of carboxylic acid groups (broad SMARTS) is 1. The lowest BCUT2D eigenvalue weighted by molar-refractivity contribution is -0.148. The summed E-state index contributed by atoms with van der Waals surface area (Å²) >= 11 is 11.7. The Hall–Kier alpha value is -1.46. The second-order valence-corrected chi connectivity index (χ2v) is 5.29. The summed E-state index contributed by atoms with van der Waals surface area (Å²) in [5, 5.41) is 14.8. The third-order valence-corrected chi connectivity index (χ3v) is 3.70. The van der Waals surface area contributed by atoms with Crippen LogP contribution in [0.15, 0.2) is 18.2 Å². The van der Waals surface area contributed by atoms with E-state index in [-0.39, 0.29) is 0 Å². The van der Waals surface area contributed by atoms with Gasteiger partial charge < -0.3 is 15.7 Å². The number of rotatable bonds is 3. The average molecular weight is 303 g/mol. The maximum absolute atomic E-state index is 11.8. The van der Waals surface area contributed by atoms with Crippen molar-refractivity contribution in [1.82, 2.24) is 5.32 Å². The molecule has 1 aliphatic carbocycles. The smallest absolute Gasteiger partial charge is 0.329 e. The highest BCUT2D eigenvalue weighted by Crippen LogP contribution is 2.32. The third kappa shape index (κ3) is 2.93. The van der Waals surface area contributed by atoms with Crippen molar-refractivity contribution in [3.05, 3.63) is 28.2 Å². The van der Waals surface area contributed by atoms with Gasteiger partial charge in [0.15, 0.2) is 0 Å². The first-order valence-corrected chi connectivity index (χ1v) is 6.46. The van der Waals surface area contributed by atoms with E-state index in [2.05, 4.69) is 10.6 Å². The van der Waals surface area contributed by atoms with Gasteiger partial charge in [-0.05, 0) is 37.5 Å². The van der Waals surface area contributed by atoms with Crippen molar-refractivity contribution in [1.29, 1.82) is 0 Å². The Morgan fingerprint density at radius 3 is 2.42 bits per heavy atom. The van der Waals surface area contributed by atoms with Crippen LogP contribution in [-0.4, -0.2) is 22.6 Å². The molecule has 1 aromatic rings. The largest absolute Gasteiger partial charge is 0.480 e. The molecule has 2 rings (SSSR count). The fraction of sp³-hybridized carbons (Fsp3) is 0.333. The number of hydrogen-bond acceptors (Lipinski definition) is 2. The zero-order chi connectivity index (χ0) is 14.0. The molecule has 0 heterocycles. The van der Waals surface area contributed by atoms with Gasteiger partial charge in [0.2, 0.25) is 0 Å². The number of aliphatic carboxylic acids is 1. The molecule has 0 radical (unpaired) electrons. The highest BCUT2D eigenvalue weighted by atomic mass is 35.5. The van der Waals surface area contributed by atoms with Gasteiger partial charge in [-0.2, -0.15) is 0 Å². The van der Waals surface area contributed by atoms with Crippen LogP contribution in [0.1, 0.15) is 19.3 Å². The number of nitrogens with one attached hydrogen (secondary N) is 2. The number of carboxylic acids is 1. The van der Waals surface area contributed by atoms with Crippen LogP contribution in [0.25, 0.3) is 0 Å². The first-order valence-electron chi connectivity index (χ1n) is 5.70. The highest BCUT2D eigenvalue weighted by molar-refractivity contribution is 6.36. The molecule has 0 saturated heterocycles. The maximum Gasteiger partial charge on any atom is 0.329 e. The monoisotopic (exact) mass is 302 g/mol. The van der Waals surface area contributed by atoms with Gasteiger partial charge in [-0.1, -0.05) is 23.2 Å².